The molecular formula is C28H30N7O2S+. The predicted molar refractivity (Wildman–Crippen MR) is 146 cm³/mol. The summed E-state index contributed by atoms with van der Waals surface area (Å²) in [6.45, 7) is 4.38. The van der Waals surface area contributed by atoms with Crippen LogP contribution < -0.4 is 5.32 Å². The Morgan fingerprint density at radius 1 is 1.18 bits per heavy atom. The summed E-state index contributed by atoms with van der Waals surface area (Å²) in [6.07, 6.45) is 6.70. The molecule has 0 atom stereocenters. The maximum absolute atomic E-state index is 13.4. The monoisotopic (exact) mass is 528 g/mol. The number of nitrogens with two attached hydrogens (primary N) is 1. The van der Waals surface area contributed by atoms with Crippen LogP contribution in [0.4, 0.5) is 5.69 Å². The molecule has 1 fully saturated rings. The highest BCUT2D eigenvalue weighted by atomic mass is 32.1. The molecule has 10 heteroatoms. The fourth-order valence-corrected chi connectivity index (χ4v) is 5.17. The zero-order valence-corrected chi connectivity index (χ0v) is 22.0. The van der Waals surface area contributed by atoms with Crippen LogP contribution in [-0.2, 0) is 6.54 Å². The smallest absolute Gasteiger partial charge is 0.288 e. The second-order valence-electron chi connectivity index (χ2n) is 9.17. The third kappa shape index (κ3) is 6.28. The number of thiazole rings is 1. The number of carbonyl (C=O) groups is 1. The van der Waals surface area contributed by atoms with Gasteiger partial charge in [0, 0.05) is 61.9 Å². The van der Waals surface area contributed by atoms with Gasteiger partial charge in [-0.25, -0.2) is 4.98 Å². The Bertz CT molecular complexity index is 1390. The van der Waals surface area contributed by atoms with Crippen molar-refractivity contribution in [1.82, 2.24) is 25.0 Å². The average molecular weight is 529 g/mol. The number of benzene rings is 2. The van der Waals surface area contributed by atoms with Gasteiger partial charge in [0.1, 0.15) is 17.7 Å². The van der Waals surface area contributed by atoms with Gasteiger partial charge in [-0.05, 0) is 30.5 Å². The minimum Gasteiger partial charge on any atom is -0.421 e. The van der Waals surface area contributed by atoms with Crippen LogP contribution in [0, 0.1) is 12.3 Å². The highest BCUT2D eigenvalue weighted by molar-refractivity contribution is 7.11. The molecule has 0 bridgehead atoms. The number of aromatic nitrogens is 3. The number of piperidine rings is 1. The highest BCUT2D eigenvalue weighted by Gasteiger charge is 2.32. The number of nitrogens with one attached hydrogen (secondary N) is 1. The number of likely N-dealkylation sites (tertiary alicyclic amines) is 1. The van der Waals surface area contributed by atoms with Gasteiger partial charge in [0.15, 0.2) is 5.01 Å². The molecule has 3 N–H and O–H groups in total. The van der Waals surface area contributed by atoms with E-state index in [1.807, 2.05) is 35.6 Å². The highest BCUT2D eigenvalue weighted by Crippen LogP contribution is 2.22. The summed E-state index contributed by atoms with van der Waals surface area (Å²) < 4.78 is 5.53. The number of nitrogens with zero attached hydrogens (tertiary/aromatic N) is 5. The summed E-state index contributed by atoms with van der Waals surface area (Å²) >= 11 is 1.30. The first-order valence-corrected chi connectivity index (χ1v) is 13.4. The van der Waals surface area contributed by atoms with Crippen LogP contribution >= 0.6 is 11.3 Å². The molecular weight excluding hydrogens is 498 g/mol. The molecule has 2 aromatic heterocycles. The average Bonchev–Trinajstić information content (AvgIpc) is 3.63. The van der Waals surface area contributed by atoms with E-state index in [1.54, 1.807) is 35.7 Å². The summed E-state index contributed by atoms with van der Waals surface area (Å²) in [5.41, 5.74) is 3.03. The number of rotatable bonds is 8. The molecule has 1 amide bonds. The Morgan fingerprint density at radius 2 is 2.00 bits per heavy atom. The van der Waals surface area contributed by atoms with Crippen molar-refractivity contribution in [2.45, 2.75) is 32.4 Å². The van der Waals surface area contributed by atoms with Crippen LogP contribution in [0.5, 0.6) is 0 Å². The lowest BCUT2D eigenvalue weighted by atomic mass is 10.0. The van der Waals surface area contributed by atoms with Gasteiger partial charge in [-0.3, -0.25) is 25.3 Å². The second-order valence-corrected chi connectivity index (χ2v) is 10.1. The van der Waals surface area contributed by atoms with Crippen LogP contribution in [-0.4, -0.2) is 55.9 Å². The van der Waals surface area contributed by atoms with Gasteiger partial charge in [-0.15, -0.1) is 21.5 Å². The summed E-state index contributed by atoms with van der Waals surface area (Å²) in [7, 11) is 0. The third-order valence-corrected chi connectivity index (χ3v) is 7.23. The zero-order valence-electron chi connectivity index (χ0n) is 21.2. The predicted octanol–water partition coefficient (Wildman–Crippen LogP) is 3.99. The molecule has 9 nitrogen and oxygen atoms in total. The van der Waals surface area contributed by atoms with Crippen LogP contribution in [0.1, 0.15) is 34.1 Å². The molecule has 0 aliphatic carbocycles. The standard InChI is InChI=1S/C28H29N7O2S/c1-20-32-33-26(37-20)22-8-5-9-23(18-22)30-13-10-25(29)35(28(36)27-31-14-17-38-27)24-11-15-34(16-12-24)19-21-6-3-2-4-7-21/h2-10,13-14,17-18,24,29-30H,11-12,15-16,19H2,1H3/p+1/b13-10-,29-25?. The molecule has 0 radical (unpaired) electrons. The first kappa shape index (κ1) is 25.7. The fraction of sp³-hybridized carbons (Fsp3) is 0.250. The van der Waals surface area contributed by atoms with E-state index in [2.05, 4.69) is 44.3 Å². The van der Waals surface area contributed by atoms with E-state index >= 15 is 0 Å². The van der Waals surface area contributed by atoms with Crippen molar-refractivity contribution in [2.24, 2.45) is 0 Å². The maximum atomic E-state index is 13.4. The van der Waals surface area contributed by atoms with Gasteiger partial charge in [0.25, 0.3) is 5.91 Å². The van der Waals surface area contributed by atoms with Crippen molar-refractivity contribution in [2.75, 3.05) is 13.1 Å². The minimum absolute atomic E-state index is 0.0559. The molecule has 194 valence electrons. The topological polar surface area (TPSA) is 116 Å². The number of amidine groups is 1. The van der Waals surface area contributed by atoms with Crippen LogP contribution in [0.15, 0.2) is 82.9 Å². The molecule has 4 aromatic rings. The summed E-state index contributed by atoms with van der Waals surface area (Å²) in [4.78, 5) is 21.6. The van der Waals surface area contributed by atoms with Crippen molar-refractivity contribution in [3.8, 4) is 11.5 Å². The Labute approximate surface area is 225 Å². The van der Waals surface area contributed by atoms with E-state index in [0.29, 0.717) is 16.8 Å². The number of aryl methyl sites for hydroxylation is 1. The lowest BCUT2D eigenvalue weighted by Crippen LogP contribution is -2.71. The van der Waals surface area contributed by atoms with Crippen molar-refractivity contribution < 1.29 is 14.5 Å². The number of carbonyl (C=O) groups excluding carboxylic acids is 1. The molecule has 0 saturated carbocycles. The van der Waals surface area contributed by atoms with Crippen molar-refractivity contribution >= 4 is 28.8 Å². The normalized spacial score (nSPS) is 14.7. The van der Waals surface area contributed by atoms with E-state index in [9.17, 15) is 4.79 Å². The van der Waals surface area contributed by atoms with E-state index in [-0.39, 0.29) is 17.8 Å². The molecule has 1 aliphatic rings. The van der Waals surface area contributed by atoms with Crippen molar-refractivity contribution in [1.29, 1.82) is 5.41 Å². The Kier molecular flexibility index (Phi) is 8.12. The molecule has 2 aromatic carbocycles. The van der Waals surface area contributed by atoms with Crippen LogP contribution in [0.25, 0.3) is 11.5 Å². The third-order valence-electron chi connectivity index (χ3n) is 6.47. The first-order valence-electron chi connectivity index (χ1n) is 12.6. The van der Waals surface area contributed by atoms with Crippen molar-refractivity contribution in [3.05, 3.63) is 94.9 Å². The number of amides is 1. The van der Waals surface area contributed by atoms with Crippen molar-refractivity contribution in [3.63, 3.8) is 0 Å². The Balaban J connectivity index is 1.25. The molecule has 0 spiro atoms. The van der Waals surface area contributed by atoms with Gasteiger partial charge in [-0.2, -0.15) is 0 Å². The second kappa shape index (κ2) is 12.0. The van der Waals surface area contributed by atoms with Crippen LogP contribution in [0.3, 0.4) is 0 Å². The molecule has 0 unspecified atom stereocenters. The lowest BCUT2D eigenvalue weighted by Gasteiger charge is -2.37. The zero-order chi connectivity index (χ0) is 26.3. The first-order chi connectivity index (χ1) is 18.6. The quantitative estimate of drug-likeness (QED) is 0.203. The Hall–Kier alpha value is -3.99. The number of quaternary nitrogens is 1. The van der Waals surface area contributed by atoms with Gasteiger partial charge in [-0.1, -0.05) is 36.4 Å². The molecule has 1 saturated heterocycles. The largest absolute Gasteiger partial charge is 0.421 e. The van der Waals surface area contributed by atoms with E-state index in [0.717, 1.165) is 43.7 Å². The number of hydrogen-bond donors (Lipinski definition) is 2. The van der Waals surface area contributed by atoms with Gasteiger partial charge >= 0.3 is 0 Å². The molecule has 38 heavy (non-hydrogen) atoms. The van der Waals surface area contributed by atoms with E-state index in [1.165, 1.54) is 16.9 Å². The molecule has 5 rings (SSSR count). The number of hydrogen-bond acceptors (Lipinski definition) is 8. The minimum atomic E-state index is -0.218. The SMILES string of the molecule is Cc1nnc(-c2cccc([NH2+]/C=C\C(=N)N(C(=O)c3nccs3)C3CCN(Cc4ccccc4)CC3)c2)o1. The maximum Gasteiger partial charge on any atom is 0.288 e. The fourth-order valence-electron chi connectivity index (χ4n) is 4.60. The van der Waals surface area contributed by atoms with Gasteiger partial charge in [0.2, 0.25) is 11.8 Å². The van der Waals surface area contributed by atoms with Crippen LogP contribution in [0.2, 0.25) is 0 Å². The van der Waals surface area contributed by atoms with Gasteiger partial charge in [0.05, 0.1) is 0 Å². The summed E-state index contributed by atoms with van der Waals surface area (Å²) in [5.74, 6) is 0.920. The molecule has 3 heterocycles. The molecule has 1 aliphatic heterocycles. The van der Waals surface area contributed by atoms with E-state index in [4.69, 9.17) is 9.83 Å². The lowest BCUT2D eigenvalue weighted by molar-refractivity contribution is -0.496. The summed E-state index contributed by atoms with van der Waals surface area (Å²) in [6, 6.07) is 18.1. The Morgan fingerprint density at radius 3 is 2.71 bits per heavy atom. The summed E-state index contributed by atoms with van der Waals surface area (Å²) in [5, 5.41) is 20.9. The van der Waals surface area contributed by atoms with E-state index < -0.39 is 0 Å². The van der Waals surface area contributed by atoms with Gasteiger partial charge < -0.3 is 4.42 Å².